The first-order valence-corrected chi connectivity index (χ1v) is 9.22. The van der Waals surface area contributed by atoms with Crippen LogP contribution in [0.3, 0.4) is 0 Å². The fraction of sp³-hybridized carbons (Fsp3) is 0.737. The summed E-state index contributed by atoms with van der Waals surface area (Å²) in [6.07, 6.45) is 7.99. The number of fused-ring (bicyclic) bond motifs is 1. The SMILES string of the molecule is CC(C)C[C@H](C(=O)N[C@@H](C)C1CC1)N1C(=O)[C@H]2CC=CC[C@H]2C1=O. The number of rotatable bonds is 6. The van der Waals surface area contributed by atoms with Crippen molar-refractivity contribution in [3.63, 3.8) is 0 Å². The summed E-state index contributed by atoms with van der Waals surface area (Å²) >= 11 is 0. The lowest BCUT2D eigenvalue weighted by atomic mass is 9.85. The maximum absolute atomic E-state index is 12.8. The molecule has 3 aliphatic rings. The van der Waals surface area contributed by atoms with Crippen molar-refractivity contribution in [3.05, 3.63) is 12.2 Å². The van der Waals surface area contributed by atoms with Crippen molar-refractivity contribution in [3.8, 4) is 0 Å². The van der Waals surface area contributed by atoms with E-state index in [1.165, 1.54) is 4.90 Å². The van der Waals surface area contributed by atoms with Gasteiger partial charge in [0, 0.05) is 6.04 Å². The molecule has 0 unspecified atom stereocenters. The minimum Gasteiger partial charge on any atom is -0.352 e. The standard InChI is InChI=1S/C19H28N2O3/c1-11(2)10-16(17(22)20-12(3)13-8-9-13)21-18(23)14-6-4-5-7-15(14)19(21)24/h4-5,11-16H,6-10H2,1-3H3,(H,20,22)/t12-,14-,15+,16+/m0/s1. The summed E-state index contributed by atoms with van der Waals surface area (Å²) in [6.45, 7) is 6.05. The fourth-order valence-corrected chi connectivity index (χ4v) is 3.94. The van der Waals surface area contributed by atoms with Gasteiger partial charge in [-0.15, -0.1) is 0 Å². The summed E-state index contributed by atoms with van der Waals surface area (Å²) in [4.78, 5) is 39.7. The molecule has 5 nitrogen and oxygen atoms in total. The van der Waals surface area contributed by atoms with E-state index in [4.69, 9.17) is 0 Å². The summed E-state index contributed by atoms with van der Waals surface area (Å²) in [5.74, 6) is -0.250. The molecule has 2 aliphatic carbocycles. The van der Waals surface area contributed by atoms with E-state index in [2.05, 4.69) is 5.32 Å². The quantitative estimate of drug-likeness (QED) is 0.599. The van der Waals surface area contributed by atoms with Gasteiger partial charge < -0.3 is 5.32 Å². The van der Waals surface area contributed by atoms with Gasteiger partial charge >= 0.3 is 0 Å². The number of amides is 3. The zero-order valence-corrected chi connectivity index (χ0v) is 14.8. The number of imide groups is 1. The smallest absolute Gasteiger partial charge is 0.243 e. The molecule has 0 aromatic heterocycles. The third-order valence-electron chi connectivity index (χ3n) is 5.55. The Morgan fingerprint density at radius 1 is 1.12 bits per heavy atom. The molecule has 5 heteroatoms. The van der Waals surface area contributed by atoms with Gasteiger partial charge in [0.2, 0.25) is 17.7 Å². The molecule has 0 radical (unpaired) electrons. The number of carbonyl (C=O) groups excluding carboxylic acids is 3. The lowest BCUT2D eigenvalue weighted by molar-refractivity contribution is -0.148. The Morgan fingerprint density at radius 2 is 1.67 bits per heavy atom. The Hall–Kier alpha value is -1.65. The molecule has 0 aromatic carbocycles. The van der Waals surface area contributed by atoms with Gasteiger partial charge in [0.05, 0.1) is 11.8 Å². The van der Waals surface area contributed by atoms with Crippen LogP contribution in [0.5, 0.6) is 0 Å². The topological polar surface area (TPSA) is 66.5 Å². The molecule has 132 valence electrons. The zero-order chi connectivity index (χ0) is 17.4. The fourth-order valence-electron chi connectivity index (χ4n) is 3.94. The van der Waals surface area contributed by atoms with Gasteiger partial charge in [-0.1, -0.05) is 26.0 Å². The molecule has 1 saturated heterocycles. The summed E-state index contributed by atoms with van der Waals surface area (Å²) in [5, 5.41) is 3.05. The van der Waals surface area contributed by atoms with Crippen molar-refractivity contribution < 1.29 is 14.4 Å². The summed E-state index contributed by atoms with van der Waals surface area (Å²) in [5.41, 5.74) is 0. The Balaban J connectivity index is 1.78. The number of nitrogens with one attached hydrogen (secondary N) is 1. The van der Waals surface area contributed by atoms with E-state index >= 15 is 0 Å². The Kier molecular flexibility index (Phi) is 4.79. The van der Waals surface area contributed by atoms with E-state index in [0.717, 1.165) is 12.8 Å². The predicted octanol–water partition coefficient (Wildman–Crippen LogP) is 2.27. The molecule has 1 aliphatic heterocycles. The van der Waals surface area contributed by atoms with Crippen molar-refractivity contribution >= 4 is 17.7 Å². The molecular formula is C19H28N2O3. The van der Waals surface area contributed by atoms with Gasteiger partial charge in [-0.25, -0.2) is 0 Å². The van der Waals surface area contributed by atoms with Crippen molar-refractivity contribution in [2.75, 3.05) is 0 Å². The Bertz CT molecular complexity index is 539. The molecule has 0 bridgehead atoms. The molecule has 1 N–H and O–H groups in total. The molecule has 3 amide bonds. The van der Waals surface area contributed by atoms with Crippen LogP contribution in [0.25, 0.3) is 0 Å². The highest BCUT2D eigenvalue weighted by Crippen LogP contribution is 2.37. The third kappa shape index (κ3) is 3.26. The molecule has 0 spiro atoms. The van der Waals surface area contributed by atoms with Crippen LogP contribution in [-0.2, 0) is 14.4 Å². The summed E-state index contributed by atoms with van der Waals surface area (Å²) in [7, 11) is 0. The highest BCUT2D eigenvalue weighted by atomic mass is 16.2. The Labute approximate surface area is 143 Å². The van der Waals surface area contributed by atoms with Crippen LogP contribution in [0.15, 0.2) is 12.2 Å². The molecule has 1 heterocycles. The predicted molar refractivity (Wildman–Crippen MR) is 90.8 cm³/mol. The number of allylic oxidation sites excluding steroid dienone is 2. The summed E-state index contributed by atoms with van der Waals surface area (Å²) < 4.78 is 0. The van der Waals surface area contributed by atoms with Crippen molar-refractivity contribution in [2.45, 2.75) is 65.0 Å². The average Bonchev–Trinajstić information content (AvgIpc) is 3.35. The van der Waals surface area contributed by atoms with E-state index < -0.39 is 6.04 Å². The normalized spacial score (nSPS) is 28.9. The van der Waals surface area contributed by atoms with Crippen molar-refractivity contribution in [2.24, 2.45) is 23.7 Å². The van der Waals surface area contributed by atoms with Crippen LogP contribution in [0.1, 0.15) is 52.9 Å². The largest absolute Gasteiger partial charge is 0.352 e. The highest BCUT2D eigenvalue weighted by molar-refractivity contribution is 6.08. The van der Waals surface area contributed by atoms with Crippen LogP contribution in [0.4, 0.5) is 0 Å². The minimum atomic E-state index is -0.670. The molecule has 3 rings (SSSR count). The minimum absolute atomic E-state index is 0.115. The first kappa shape index (κ1) is 17.2. The molecule has 2 fully saturated rings. The lowest BCUT2D eigenvalue weighted by Crippen LogP contribution is -2.52. The van der Waals surface area contributed by atoms with Crippen LogP contribution in [0.2, 0.25) is 0 Å². The molecule has 24 heavy (non-hydrogen) atoms. The maximum atomic E-state index is 12.8. The number of hydrogen-bond acceptors (Lipinski definition) is 3. The number of hydrogen-bond donors (Lipinski definition) is 1. The van der Waals surface area contributed by atoms with Crippen LogP contribution in [-0.4, -0.2) is 34.7 Å². The molecule has 1 saturated carbocycles. The zero-order valence-electron chi connectivity index (χ0n) is 14.8. The second-order valence-electron chi connectivity index (χ2n) is 7.98. The molecular weight excluding hydrogens is 304 g/mol. The number of likely N-dealkylation sites (tertiary alicyclic amines) is 1. The molecule has 0 aromatic rings. The van der Waals surface area contributed by atoms with Crippen LogP contribution >= 0.6 is 0 Å². The average molecular weight is 332 g/mol. The van der Waals surface area contributed by atoms with Crippen molar-refractivity contribution in [1.29, 1.82) is 0 Å². The highest BCUT2D eigenvalue weighted by Gasteiger charge is 2.51. The van der Waals surface area contributed by atoms with Crippen LogP contribution in [0, 0.1) is 23.7 Å². The maximum Gasteiger partial charge on any atom is 0.243 e. The summed E-state index contributed by atoms with van der Waals surface area (Å²) in [6, 6.07) is -0.555. The first-order valence-electron chi connectivity index (χ1n) is 9.22. The number of carbonyl (C=O) groups is 3. The van der Waals surface area contributed by atoms with Gasteiger partial charge in [0.25, 0.3) is 0 Å². The van der Waals surface area contributed by atoms with E-state index in [9.17, 15) is 14.4 Å². The van der Waals surface area contributed by atoms with E-state index in [1.807, 2.05) is 32.9 Å². The first-order chi connectivity index (χ1) is 11.4. The van der Waals surface area contributed by atoms with Gasteiger partial charge in [-0.05, 0) is 50.9 Å². The van der Waals surface area contributed by atoms with E-state index in [-0.39, 0.29) is 41.5 Å². The second kappa shape index (κ2) is 6.69. The monoisotopic (exact) mass is 332 g/mol. The lowest BCUT2D eigenvalue weighted by Gasteiger charge is -2.28. The molecule has 4 atom stereocenters. The van der Waals surface area contributed by atoms with Gasteiger partial charge in [-0.3, -0.25) is 19.3 Å². The van der Waals surface area contributed by atoms with E-state index in [0.29, 0.717) is 25.2 Å². The van der Waals surface area contributed by atoms with Gasteiger partial charge in [0.15, 0.2) is 0 Å². The van der Waals surface area contributed by atoms with Gasteiger partial charge in [0.1, 0.15) is 6.04 Å². The van der Waals surface area contributed by atoms with Gasteiger partial charge in [-0.2, -0.15) is 0 Å². The third-order valence-corrected chi connectivity index (χ3v) is 5.55. The second-order valence-corrected chi connectivity index (χ2v) is 7.98. The van der Waals surface area contributed by atoms with Crippen molar-refractivity contribution in [1.82, 2.24) is 10.2 Å². The Morgan fingerprint density at radius 3 is 2.12 bits per heavy atom. The number of nitrogens with zero attached hydrogens (tertiary/aromatic N) is 1. The van der Waals surface area contributed by atoms with E-state index in [1.54, 1.807) is 0 Å². The van der Waals surface area contributed by atoms with Crippen LogP contribution < -0.4 is 5.32 Å².